The number of carbonyl (C=O) groups is 1. The largest absolute Gasteiger partial charge is 0.366 e. The number of hydrogen-bond acceptors (Lipinski definition) is 1. The van der Waals surface area contributed by atoms with E-state index in [1.54, 1.807) is 0 Å². The Morgan fingerprint density at radius 3 is 2.48 bits per heavy atom. The van der Waals surface area contributed by atoms with E-state index in [1.807, 2.05) is 25.1 Å². The summed E-state index contributed by atoms with van der Waals surface area (Å²) < 4.78 is 2.37. The van der Waals surface area contributed by atoms with Gasteiger partial charge in [0.15, 0.2) is 0 Å². The zero-order valence-electron chi connectivity index (χ0n) is 12.7. The molecule has 1 saturated carbocycles. The Labute approximate surface area is 125 Å². The number of rotatable bonds is 5. The molecule has 0 bridgehead atoms. The molecule has 0 atom stereocenters. The smallest absolute Gasteiger partial charge is 0.251 e. The summed E-state index contributed by atoms with van der Waals surface area (Å²) in [4.78, 5) is 12.0. The van der Waals surface area contributed by atoms with Crippen LogP contribution in [0.1, 0.15) is 54.0 Å². The highest BCUT2D eigenvalue weighted by atomic mass is 16.1. The molecule has 21 heavy (non-hydrogen) atoms. The van der Waals surface area contributed by atoms with Crippen LogP contribution in [0.5, 0.6) is 0 Å². The van der Waals surface area contributed by atoms with E-state index in [4.69, 9.17) is 5.73 Å². The van der Waals surface area contributed by atoms with E-state index < -0.39 is 0 Å². The molecule has 2 aromatic rings. The van der Waals surface area contributed by atoms with Crippen molar-refractivity contribution in [2.75, 3.05) is 0 Å². The predicted molar refractivity (Wildman–Crippen MR) is 85.4 cm³/mol. The second-order valence-corrected chi connectivity index (χ2v) is 5.86. The minimum absolute atomic E-state index is 0.317. The van der Waals surface area contributed by atoms with E-state index >= 15 is 0 Å². The topological polar surface area (TPSA) is 48.0 Å². The van der Waals surface area contributed by atoms with Crippen molar-refractivity contribution in [1.82, 2.24) is 4.57 Å². The van der Waals surface area contributed by atoms with E-state index in [0.717, 1.165) is 29.7 Å². The molecule has 0 unspecified atom stereocenters. The molecule has 1 fully saturated rings. The van der Waals surface area contributed by atoms with Gasteiger partial charge in [0.05, 0.1) is 5.56 Å². The monoisotopic (exact) mass is 282 g/mol. The third-order valence-corrected chi connectivity index (χ3v) is 4.26. The third-order valence-electron chi connectivity index (χ3n) is 4.26. The lowest BCUT2D eigenvalue weighted by Crippen LogP contribution is -2.13. The van der Waals surface area contributed by atoms with Crippen molar-refractivity contribution >= 4 is 5.91 Å². The lowest BCUT2D eigenvalue weighted by Gasteiger charge is -2.11. The maximum atomic E-state index is 12.0. The number of nitrogens with zero attached hydrogens (tertiary/aromatic N) is 1. The molecule has 1 amide bonds. The first-order valence-corrected chi connectivity index (χ1v) is 7.74. The van der Waals surface area contributed by atoms with E-state index in [-0.39, 0.29) is 5.91 Å². The Morgan fingerprint density at radius 1 is 1.29 bits per heavy atom. The maximum absolute atomic E-state index is 12.0. The average molecular weight is 282 g/mol. The number of aromatic nitrogens is 1. The average Bonchev–Trinajstić information content (AvgIpc) is 3.25. The summed E-state index contributed by atoms with van der Waals surface area (Å²) in [6.45, 7) is 4.21. The van der Waals surface area contributed by atoms with Gasteiger partial charge in [-0.1, -0.05) is 43.7 Å². The van der Waals surface area contributed by atoms with Gasteiger partial charge in [-0.05, 0) is 31.7 Å². The van der Waals surface area contributed by atoms with Gasteiger partial charge in [0.1, 0.15) is 0 Å². The van der Waals surface area contributed by atoms with E-state index in [9.17, 15) is 4.79 Å². The normalized spacial score (nSPS) is 14.4. The summed E-state index contributed by atoms with van der Waals surface area (Å²) in [6, 6.07) is 10.7. The minimum atomic E-state index is -0.317. The molecule has 1 heterocycles. The lowest BCUT2D eigenvalue weighted by molar-refractivity contribution is 0.1000. The first kappa shape index (κ1) is 13.9. The number of primary amides is 1. The fraction of sp³-hybridized carbons (Fsp3) is 0.389. The first-order valence-electron chi connectivity index (χ1n) is 7.74. The highest BCUT2D eigenvalue weighted by Gasteiger charge is 2.32. The number of hydrogen-bond donors (Lipinski definition) is 1. The second kappa shape index (κ2) is 5.40. The van der Waals surface area contributed by atoms with Gasteiger partial charge >= 0.3 is 0 Å². The lowest BCUT2D eigenvalue weighted by atomic mass is 9.98. The molecule has 0 spiro atoms. The Kier molecular flexibility index (Phi) is 3.58. The Bertz CT molecular complexity index is 666. The van der Waals surface area contributed by atoms with E-state index in [2.05, 4.69) is 23.6 Å². The fourth-order valence-corrected chi connectivity index (χ4v) is 3.30. The summed E-state index contributed by atoms with van der Waals surface area (Å²) >= 11 is 0. The predicted octanol–water partition coefficient (Wildman–Crippen LogP) is 3.85. The van der Waals surface area contributed by atoms with Crippen molar-refractivity contribution in [3.8, 4) is 11.1 Å². The maximum Gasteiger partial charge on any atom is 0.251 e. The molecule has 1 aliphatic carbocycles. The second-order valence-electron chi connectivity index (χ2n) is 5.86. The number of nitrogens with two attached hydrogens (primary N) is 1. The molecular formula is C18H22N2O. The molecule has 3 nitrogen and oxygen atoms in total. The quantitative estimate of drug-likeness (QED) is 0.889. The zero-order chi connectivity index (χ0) is 15.0. The Balaban J connectivity index is 2.29. The van der Waals surface area contributed by atoms with Crippen LogP contribution in [0.25, 0.3) is 11.1 Å². The van der Waals surface area contributed by atoms with Gasteiger partial charge in [0.2, 0.25) is 0 Å². The summed E-state index contributed by atoms with van der Waals surface area (Å²) in [7, 11) is 0. The molecule has 1 aliphatic rings. The van der Waals surface area contributed by atoms with Crippen LogP contribution in [0.3, 0.4) is 0 Å². The highest BCUT2D eigenvalue weighted by Crippen LogP contribution is 2.43. The van der Waals surface area contributed by atoms with E-state index in [0.29, 0.717) is 11.6 Å². The minimum Gasteiger partial charge on any atom is -0.366 e. The van der Waals surface area contributed by atoms with Gasteiger partial charge in [0, 0.05) is 23.0 Å². The molecule has 3 heteroatoms. The molecule has 0 saturated heterocycles. The zero-order valence-corrected chi connectivity index (χ0v) is 12.7. The molecule has 1 aromatic heterocycles. The summed E-state index contributed by atoms with van der Waals surface area (Å²) in [5.74, 6) is -0.317. The fourth-order valence-electron chi connectivity index (χ4n) is 3.30. The number of benzene rings is 1. The molecule has 110 valence electrons. The Morgan fingerprint density at radius 2 is 1.95 bits per heavy atom. The van der Waals surface area contributed by atoms with Gasteiger partial charge in [-0.15, -0.1) is 0 Å². The summed E-state index contributed by atoms with van der Waals surface area (Å²) in [6.07, 6.45) is 4.46. The molecule has 0 radical (unpaired) electrons. The van der Waals surface area contributed by atoms with Crippen LogP contribution in [0.15, 0.2) is 30.3 Å². The van der Waals surface area contributed by atoms with Gasteiger partial charge in [-0.2, -0.15) is 0 Å². The van der Waals surface area contributed by atoms with Crippen LogP contribution < -0.4 is 5.73 Å². The van der Waals surface area contributed by atoms with Crippen LogP contribution in [-0.2, 0) is 6.42 Å². The standard InChI is InChI=1S/C18H22N2O/c1-3-7-15-17(13-8-5-4-6-9-13)16(18(19)21)12(2)20(15)14-10-11-14/h4-6,8-9,14H,3,7,10-11H2,1-2H3,(H2,19,21). The molecular weight excluding hydrogens is 260 g/mol. The number of carbonyl (C=O) groups excluding carboxylic acids is 1. The molecule has 0 aliphatic heterocycles. The molecule has 1 aromatic carbocycles. The van der Waals surface area contributed by atoms with Crippen LogP contribution in [0.4, 0.5) is 0 Å². The van der Waals surface area contributed by atoms with E-state index in [1.165, 1.54) is 18.5 Å². The van der Waals surface area contributed by atoms with Gasteiger partial charge in [-0.25, -0.2) is 0 Å². The van der Waals surface area contributed by atoms with Crippen molar-refractivity contribution < 1.29 is 4.79 Å². The van der Waals surface area contributed by atoms with Gasteiger partial charge in [0.25, 0.3) is 5.91 Å². The molecule has 3 rings (SSSR count). The van der Waals surface area contributed by atoms with Crippen molar-refractivity contribution in [2.45, 2.75) is 45.6 Å². The van der Waals surface area contributed by atoms with Crippen LogP contribution in [-0.4, -0.2) is 10.5 Å². The first-order chi connectivity index (χ1) is 10.1. The summed E-state index contributed by atoms with van der Waals surface area (Å²) in [5.41, 5.74) is 10.9. The van der Waals surface area contributed by atoms with Crippen LogP contribution >= 0.6 is 0 Å². The third kappa shape index (κ3) is 2.37. The number of amides is 1. The van der Waals surface area contributed by atoms with Crippen LogP contribution in [0, 0.1) is 6.92 Å². The Hall–Kier alpha value is -2.03. The highest BCUT2D eigenvalue weighted by molar-refractivity contribution is 6.02. The van der Waals surface area contributed by atoms with Crippen molar-refractivity contribution in [2.24, 2.45) is 5.73 Å². The molecule has 2 N–H and O–H groups in total. The van der Waals surface area contributed by atoms with Crippen molar-refractivity contribution in [3.05, 3.63) is 47.3 Å². The SMILES string of the molecule is CCCc1c(-c2ccccc2)c(C(N)=O)c(C)n1C1CC1. The van der Waals surface area contributed by atoms with Crippen LogP contribution in [0.2, 0.25) is 0 Å². The van der Waals surface area contributed by atoms with Gasteiger partial charge < -0.3 is 10.3 Å². The van der Waals surface area contributed by atoms with Gasteiger partial charge in [-0.3, -0.25) is 4.79 Å². The van der Waals surface area contributed by atoms with Crippen molar-refractivity contribution in [3.63, 3.8) is 0 Å². The summed E-state index contributed by atoms with van der Waals surface area (Å²) in [5, 5.41) is 0. The van der Waals surface area contributed by atoms with Crippen molar-refractivity contribution in [1.29, 1.82) is 0 Å².